The maximum absolute atomic E-state index is 9.13. The summed E-state index contributed by atoms with van der Waals surface area (Å²) < 4.78 is 8.99. The second-order valence-corrected chi connectivity index (χ2v) is 8.66. The van der Waals surface area contributed by atoms with Crippen LogP contribution in [0.25, 0.3) is 22.5 Å². The SMILES string of the molecule is CC(C)CCc1cn(-c2cnc(-n3ncc4cc(C#N)cnc43)cc2NC2CCOC2)nn1. The van der Waals surface area contributed by atoms with Crippen LogP contribution in [0, 0.1) is 17.2 Å². The van der Waals surface area contributed by atoms with Crippen LogP contribution in [0.15, 0.2) is 36.9 Å². The number of hydrogen-bond acceptors (Lipinski definition) is 8. The van der Waals surface area contributed by atoms with Gasteiger partial charge in [0, 0.05) is 24.3 Å². The van der Waals surface area contributed by atoms with Crippen molar-refractivity contribution in [2.45, 2.75) is 39.2 Å². The molecule has 0 spiro atoms. The number of hydrogen-bond donors (Lipinski definition) is 1. The number of anilines is 1. The van der Waals surface area contributed by atoms with Gasteiger partial charge in [-0.3, -0.25) is 0 Å². The van der Waals surface area contributed by atoms with Gasteiger partial charge in [-0.15, -0.1) is 5.10 Å². The van der Waals surface area contributed by atoms with E-state index in [1.54, 1.807) is 27.8 Å². The molecule has 168 valence electrons. The molecule has 0 aliphatic carbocycles. The van der Waals surface area contributed by atoms with Crippen molar-refractivity contribution >= 4 is 16.7 Å². The van der Waals surface area contributed by atoms with Gasteiger partial charge in [0.2, 0.25) is 0 Å². The van der Waals surface area contributed by atoms with Crippen LogP contribution in [0.5, 0.6) is 0 Å². The zero-order valence-corrected chi connectivity index (χ0v) is 18.6. The molecule has 1 saturated heterocycles. The number of nitrogens with zero attached hydrogens (tertiary/aromatic N) is 8. The lowest BCUT2D eigenvalue weighted by Gasteiger charge is -2.17. The quantitative estimate of drug-likeness (QED) is 0.463. The van der Waals surface area contributed by atoms with Gasteiger partial charge in [-0.2, -0.15) is 15.0 Å². The molecule has 5 rings (SSSR count). The molecule has 5 heterocycles. The Kier molecular flexibility index (Phi) is 5.71. The summed E-state index contributed by atoms with van der Waals surface area (Å²) in [6.45, 7) is 5.79. The Morgan fingerprint density at radius 1 is 1.24 bits per heavy atom. The van der Waals surface area contributed by atoms with Gasteiger partial charge in [0.15, 0.2) is 11.5 Å². The molecule has 0 radical (unpaired) electrons. The summed E-state index contributed by atoms with van der Waals surface area (Å²) in [7, 11) is 0. The van der Waals surface area contributed by atoms with Crippen LogP contribution < -0.4 is 5.32 Å². The third-order valence-corrected chi connectivity index (χ3v) is 5.68. The number of rotatable bonds is 7. The van der Waals surface area contributed by atoms with E-state index in [0.717, 1.165) is 48.3 Å². The van der Waals surface area contributed by atoms with E-state index in [2.05, 4.69) is 50.6 Å². The molecule has 1 N–H and O–H groups in total. The van der Waals surface area contributed by atoms with E-state index in [1.165, 1.54) is 6.20 Å². The average molecular weight is 444 g/mol. The maximum atomic E-state index is 9.13. The lowest BCUT2D eigenvalue weighted by molar-refractivity contribution is 0.195. The second kappa shape index (κ2) is 8.96. The summed E-state index contributed by atoms with van der Waals surface area (Å²) in [6.07, 6.45) is 9.84. The van der Waals surface area contributed by atoms with Crippen LogP contribution in [-0.4, -0.2) is 54.0 Å². The molecule has 0 aromatic carbocycles. The van der Waals surface area contributed by atoms with Gasteiger partial charge in [-0.25, -0.2) is 14.6 Å². The number of aromatic nitrogens is 7. The number of aryl methyl sites for hydroxylation is 1. The molecular weight excluding hydrogens is 418 g/mol. The highest BCUT2D eigenvalue weighted by atomic mass is 16.5. The Morgan fingerprint density at radius 3 is 2.94 bits per heavy atom. The van der Waals surface area contributed by atoms with Crippen molar-refractivity contribution in [3.8, 4) is 17.6 Å². The number of nitriles is 1. The summed E-state index contributed by atoms with van der Waals surface area (Å²) in [4.78, 5) is 9.05. The van der Waals surface area contributed by atoms with Crippen molar-refractivity contribution in [1.82, 2.24) is 34.7 Å². The molecule has 4 aromatic rings. The molecule has 1 aliphatic heterocycles. The van der Waals surface area contributed by atoms with Crippen molar-refractivity contribution in [2.75, 3.05) is 18.5 Å². The highest BCUT2D eigenvalue weighted by Crippen LogP contribution is 2.26. The zero-order valence-electron chi connectivity index (χ0n) is 18.6. The maximum Gasteiger partial charge on any atom is 0.164 e. The number of fused-ring (bicyclic) bond motifs is 1. The van der Waals surface area contributed by atoms with Crippen molar-refractivity contribution < 1.29 is 4.74 Å². The van der Waals surface area contributed by atoms with Gasteiger partial charge in [0.1, 0.15) is 11.8 Å². The Balaban J connectivity index is 1.52. The second-order valence-electron chi connectivity index (χ2n) is 8.66. The highest BCUT2D eigenvalue weighted by molar-refractivity contribution is 5.77. The predicted octanol–water partition coefficient (Wildman–Crippen LogP) is 3.06. The smallest absolute Gasteiger partial charge is 0.164 e. The summed E-state index contributed by atoms with van der Waals surface area (Å²) in [6, 6.07) is 6.02. The van der Waals surface area contributed by atoms with Crippen LogP contribution >= 0.6 is 0 Å². The van der Waals surface area contributed by atoms with Crippen molar-refractivity contribution in [1.29, 1.82) is 5.26 Å². The molecule has 0 bridgehead atoms. The van der Waals surface area contributed by atoms with Crippen molar-refractivity contribution in [3.05, 3.63) is 48.2 Å². The molecule has 4 aromatic heterocycles. The lowest BCUT2D eigenvalue weighted by Crippen LogP contribution is -2.20. The van der Waals surface area contributed by atoms with Gasteiger partial charge in [0.05, 0.1) is 48.2 Å². The fourth-order valence-corrected chi connectivity index (χ4v) is 3.84. The van der Waals surface area contributed by atoms with Crippen LogP contribution in [0.4, 0.5) is 5.69 Å². The Bertz CT molecular complexity index is 1310. The third kappa shape index (κ3) is 4.40. The summed E-state index contributed by atoms with van der Waals surface area (Å²) >= 11 is 0. The largest absolute Gasteiger partial charge is 0.379 e. The first kappa shape index (κ1) is 21.0. The molecular formula is C23H25N9O. The third-order valence-electron chi connectivity index (χ3n) is 5.68. The molecule has 10 heteroatoms. The van der Waals surface area contributed by atoms with E-state index in [9.17, 15) is 0 Å². The minimum absolute atomic E-state index is 0.202. The number of ether oxygens (including phenoxy) is 1. The van der Waals surface area contributed by atoms with E-state index in [4.69, 9.17) is 10.00 Å². The number of pyridine rings is 2. The fraction of sp³-hybridized carbons (Fsp3) is 0.391. The minimum Gasteiger partial charge on any atom is -0.379 e. The number of nitrogens with one attached hydrogen (secondary N) is 1. The topological polar surface area (TPSA) is 119 Å². The fourth-order valence-electron chi connectivity index (χ4n) is 3.84. The van der Waals surface area contributed by atoms with Gasteiger partial charge in [-0.05, 0) is 31.2 Å². The predicted molar refractivity (Wildman–Crippen MR) is 122 cm³/mol. The minimum atomic E-state index is 0.202. The first-order valence-electron chi connectivity index (χ1n) is 11.1. The standard InChI is InChI=1S/C23H25N9O/c1-15(2)3-4-18-13-31(30-29-18)21-12-25-22(8-20(21)28-19-5-6-33-14-19)32-23-17(11-27-32)7-16(9-24)10-26-23/h7-8,10-13,15,19H,3-6,14H2,1-2H3,(H,25,28). The van der Waals surface area contributed by atoms with Crippen LogP contribution in [-0.2, 0) is 11.2 Å². The van der Waals surface area contributed by atoms with E-state index < -0.39 is 0 Å². The van der Waals surface area contributed by atoms with E-state index >= 15 is 0 Å². The normalized spacial score (nSPS) is 15.9. The Hall–Kier alpha value is -3.84. The van der Waals surface area contributed by atoms with E-state index in [0.29, 0.717) is 29.6 Å². The first-order chi connectivity index (χ1) is 16.1. The van der Waals surface area contributed by atoms with Crippen LogP contribution in [0.3, 0.4) is 0 Å². The molecule has 1 unspecified atom stereocenters. The van der Waals surface area contributed by atoms with Crippen molar-refractivity contribution in [2.24, 2.45) is 5.92 Å². The van der Waals surface area contributed by atoms with E-state index in [1.807, 2.05) is 12.3 Å². The molecule has 10 nitrogen and oxygen atoms in total. The summed E-state index contributed by atoms with van der Waals surface area (Å²) in [5.74, 6) is 1.23. The lowest BCUT2D eigenvalue weighted by atomic mass is 10.1. The van der Waals surface area contributed by atoms with Gasteiger partial charge < -0.3 is 10.1 Å². The van der Waals surface area contributed by atoms with Crippen LogP contribution in [0.2, 0.25) is 0 Å². The van der Waals surface area contributed by atoms with Gasteiger partial charge in [-0.1, -0.05) is 19.1 Å². The molecule has 0 saturated carbocycles. The van der Waals surface area contributed by atoms with Crippen molar-refractivity contribution in [3.63, 3.8) is 0 Å². The molecule has 33 heavy (non-hydrogen) atoms. The Labute approximate surface area is 191 Å². The van der Waals surface area contributed by atoms with Gasteiger partial charge >= 0.3 is 0 Å². The monoisotopic (exact) mass is 443 g/mol. The molecule has 1 aliphatic rings. The first-order valence-corrected chi connectivity index (χ1v) is 11.1. The molecule has 1 atom stereocenters. The van der Waals surface area contributed by atoms with Gasteiger partial charge in [0.25, 0.3) is 0 Å². The molecule has 0 amide bonds. The average Bonchev–Trinajstić information content (AvgIpc) is 3.58. The summed E-state index contributed by atoms with van der Waals surface area (Å²) in [5.41, 5.74) is 3.77. The van der Waals surface area contributed by atoms with E-state index in [-0.39, 0.29) is 6.04 Å². The summed E-state index contributed by atoms with van der Waals surface area (Å²) in [5, 5.41) is 26.6. The molecule has 1 fully saturated rings. The zero-order chi connectivity index (χ0) is 22.8. The van der Waals surface area contributed by atoms with Crippen LogP contribution in [0.1, 0.15) is 37.9 Å². The Morgan fingerprint density at radius 2 is 2.15 bits per heavy atom. The highest BCUT2D eigenvalue weighted by Gasteiger charge is 2.20.